The Hall–Kier alpha value is -0.890. The van der Waals surface area contributed by atoms with Gasteiger partial charge in [0.2, 0.25) is 0 Å². The van der Waals surface area contributed by atoms with Gasteiger partial charge in [0.05, 0.1) is 0 Å². The molecule has 0 heterocycles. The maximum Gasteiger partial charge on any atom is 0.127 e. The second kappa shape index (κ2) is 4.09. The van der Waals surface area contributed by atoms with Gasteiger partial charge in [-0.25, -0.2) is 4.39 Å². The monoisotopic (exact) mass is 193 g/mol. The number of hydrogen-bond acceptors (Lipinski definition) is 1. The molecule has 1 aromatic carbocycles. The molecule has 0 radical (unpaired) electrons. The molecule has 1 atom stereocenters. The van der Waals surface area contributed by atoms with E-state index < -0.39 is 0 Å². The van der Waals surface area contributed by atoms with Crippen molar-refractivity contribution >= 4 is 0 Å². The van der Waals surface area contributed by atoms with Crippen LogP contribution in [0, 0.1) is 11.7 Å². The Bertz CT molecular complexity index is 307. The van der Waals surface area contributed by atoms with E-state index in [1.807, 2.05) is 12.1 Å². The average molecular weight is 193 g/mol. The Morgan fingerprint density at radius 3 is 2.79 bits per heavy atom. The van der Waals surface area contributed by atoms with E-state index in [0.29, 0.717) is 12.6 Å². The van der Waals surface area contributed by atoms with Gasteiger partial charge >= 0.3 is 0 Å². The molecule has 0 bridgehead atoms. The quantitative estimate of drug-likeness (QED) is 0.775. The van der Waals surface area contributed by atoms with Crippen molar-refractivity contribution in [1.82, 2.24) is 5.32 Å². The Balaban J connectivity index is 1.87. The summed E-state index contributed by atoms with van der Waals surface area (Å²) in [5.41, 5.74) is 0.764. The molecule has 0 amide bonds. The number of nitrogens with one attached hydrogen (secondary N) is 1. The van der Waals surface area contributed by atoms with Gasteiger partial charge in [0.15, 0.2) is 0 Å². The molecule has 1 fully saturated rings. The summed E-state index contributed by atoms with van der Waals surface area (Å²) in [6.07, 6.45) is 2.65. The number of rotatable bonds is 4. The summed E-state index contributed by atoms with van der Waals surface area (Å²) >= 11 is 0. The van der Waals surface area contributed by atoms with Crippen molar-refractivity contribution < 1.29 is 4.39 Å². The maximum absolute atomic E-state index is 13.2. The average Bonchev–Trinajstić information content (AvgIpc) is 2.99. The van der Waals surface area contributed by atoms with E-state index in [9.17, 15) is 4.39 Å². The molecule has 1 unspecified atom stereocenters. The van der Waals surface area contributed by atoms with Crippen molar-refractivity contribution in [2.45, 2.75) is 32.4 Å². The lowest BCUT2D eigenvalue weighted by Crippen LogP contribution is -2.27. The summed E-state index contributed by atoms with van der Waals surface area (Å²) in [4.78, 5) is 0. The summed E-state index contributed by atoms with van der Waals surface area (Å²) < 4.78 is 13.2. The second-order valence-electron chi connectivity index (χ2n) is 4.10. The third-order valence-electron chi connectivity index (χ3n) is 2.90. The molecule has 76 valence electrons. The highest BCUT2D eigenvalue weighted by Crippen LogP contribution is 2.32. The molecule has 0 aromatic heterocycles. The summed E-state index contributed by atoms with van der Waals surface area (Å²) in [7, 11) is 0. The van der Waals surface area contributed by atoms with Crippen LogP contribution in [0.25, 0.3) is 0 Å². The van der Waals surface area contributed by atoms with E-state index in [2.05, 4.69) is 12.2 Å². The smallest absolute Gasteiger partial charge is 0.127 e. The standard InChI is InChI=1S/C12H16FN/c1-9(10-6-7-10)14-8-11-4-2-3-5-12(11)13/h2-5,9-10,14H,6-8H2,1H3. The van der Waals surface area contributed by atoms with E-state index in [1.165, 1.54) is 18.9 Å². The highest BCUT2D eigenvalue weighted by Gasteiger charge is 2.27. The summed E-state index contributed by atoms with van der Waals surface area (Å²) in [5.74, 6) is 0.713. The summed E-state index contributed by atoms with van der Waals surface area (Å²) in [5, 5.41) is 3.36. The van der Waals surface area contributed by atoms with Gasteiger partial charge in [-0.1, -0.05) is 18.2 Å². The van der Waals surface area contributed by atoms with Gasteiger partial charge in [0.25, 0.3) is 0 Å². The third kappa shape index (κ3) is 2.32. The fourth-order valence-electron chi connectivity index (χ4n) is 1.68. The Morgan fingerprint density at radius 2 is 2.14 bits per heavy atom. The van der Waals surface area contributed by atoms with Gasteiger partial charge in [0, 0.05) is 18.2 Å². The van der Waals surface area contributed by atoms with Crippen LogP contribution in [0.3, 0.4) is 0 Å². The largest absolute Gasteiger partial charge is 0.310 e. The van der Waals surface area contributed by atoms with Crippen LogP contribution in [0.15, 0.2) is 24.3 Å². The maximum atomic E-state index is 13.2. The molecule has 0 saturated heterocycles. The molecular formula is C12H16FN. The number of hydrogen-bond donors (Lipinski definition) is 1. The van der Waals surface area contributed by atoms with Crippen LogP contribution in [0.1, 0.15) is 25.3 Å². The van der Waals surface area contributed by atoms with Crippen molar-refractivity contribution in [3.05, 3.63) is 35.6 Å². The van der Waals surface area contributed by atoms with Crippen LogP contribution in [0.4, 0.5) is 4.39 Å². The molecule has 1 nitrogen and oxygen atoms in total. The lowest BCUT2D eigenvalue weighted by molar-refractivity contribution is 0.485. The Labute approximate surface area is 84.3 Å². The predicted octanol–water partition coefficient (Wildman–Crippen LogP) is 2.71. The van der Waals surface area contributed by atoms with Gasteiger partial charge in [-0.2, -0.15) is 0 Å². The molecular weight excluding hydrogens is 177 g/mol. The van der Waals surface area contributed by atoms with Gasteiger partial charge in [-0.3, -0.25) is 0 Å². The van der Waals surface area contributed by atoms with Crippen molar-refractivity contribution in [2.24, 2.45) is 5.92 Å². The van der Waals surface area contributed by atoms with Crippen LogP contribution in [0.5, 0.6) is 0 Å². The zero-order valence-corrected chi connectivity index (χ0v) is 8.46. The SMILES string of the molecule is CC(NCc1ccccc1F)C1CC1. The molecule has 1 aliphatic rings. The number of halogens is 1. The Morgan fingerprint density at radius 1 is 1.43 bits per heavy atom. The molecule has 1 saturated carbocycles. The fourth-order valence-corrected chi connectivity index (χ4v) is 1.68. The normalized spacial score (nSPS) is 18.1. The summed E-state index contributed by atoms with van der Waals surface area (Å²) in [6.45, 7) is 2.82. The first-order valence-electron chi connectivity index (χ1n) is 5.24. The van der Waals surface area contributed by atoms with E-state index in [0.717, 1.165) is 11.5 Å². The molecule has 2 heteroatoms. The van der Waals surface area contributed by atoms with Crippen LogP contribution in [-0.4, -0.2) is 6.04 Å². The van der Waals surface area contributed by atoms with Crippen LogP contribution in [0.2, 0.25) is 0 Å². The van der Waals surface area contributed by atoms with E-state index in [4.69, 9.17) is 0 Å². The first kappa shape index (κ1) is 9.66. The summed E-state index contributed by atoms with van der Waals surface area (Å²) in [6, 6.07) is 7.47. The van der Waals surface area contributed by atoms with E-state index in [1.54, 1.807) is 6.07 Å². The molecule has 1 N–H and O–H groups in total. The molecule has 0 spiro atoms. The van der Waals surface area contributed by atoms with Crippen LogP contribution >= 0.6 is 0 Å². The molecule has 14 heavy (non-hydrogen) atoms. The van der Waals surface area contributed by atoms with Crippen LogP contribution in [-0.2, 0) is 6.54 Å². The van der Waals surface area contributed by atoms with Gasteiger partial charge in [-0.15, -0.1) is 0 Å². The molecule has 0 aliphatic heterocycles. The van der Waals surface area contributed by atoms with Gasteiger partial charge in [0.1, 0.15) is 5.82 Å². The highest BCUT2D eigenvalue weighted by molar-refractivity contribution is 5.17. The minimum atomic E-state index is -0.108. The van der Waals surface area contributed by atoms with Gasteiger partial charge < -0.3 is 5.32 Å². The number of benzene rings is 1. The van der Waals surface area contributed by atoms with E-state index >= 15 is 0 Å². The minimum absolute atomic E-state index is 0.108. The zero-order valence-electron chi connectivity index (χ0n) is 8.46. The van der Waals surface area contributed by atoms with Crippen LogP contribution < -0.4 is 5.32 Å². The Kier molecular flexibility index (Phi) is 2.82. The molecule has 2 rings (SSSR count). The first-order chi connectivity index (χ1) is 6.77. The topological polar surface area (TPSA) is 12.0 Å². The lowest BCUT2D eigenvalue weighted by Gasteiger charge is -2.12. The van der Waals surface area contributed by atoms with Crippen molar-refractivity contribution in [2.75, 3.05) is 0 Å². The van der Waals surface area contributed by atoms with E-state index in [-0.39, 0.29) is 5.82 Å². The molecule has 1 aliphatic carbocycles. The first-order valence-corrected chi connectivity index (χ1v) is 5.24. The highest BCUT2D eigenvalue weighted by atomic mass is 19.1. The fraction of sp³-hybridized carbons (Fsp3) is 0.500. The van der Waals surface area contributed by atoms with Gasteiger partial charge in [-0.05, 0) is 31.7 Å². The zero-order chi connectivity index (χ0) is 9.97. The van der Waals surface area contributed by atoms with Crippen molar-refractivity contribution in [1.29, 1.82) is 0 Å². The minimum Gasteiger partial charge on any atom is -0.310 e. The lowest BCUT2D eigenvalue weighted by atomic mass is 10.1. The predicted molar refractivity (Wildman–Crippen MR) is 55.4 cm³/mol. The molecule has 1 aromatic rings. The third-order valence-corrected chi connectivity index (χ3v) is 2.90. The van der Waals surface area contributed by atoms with Crippen molar-refractivity contribution in [3.8, 4) is 0 Å². The van der Waals surface area contributed by atoms with Crippen molar-refractivity contribution in [3.63, 3.8) is 0 Å². The second-order valence-corrected chi connectivity index (χ2v) is 4.10.